The third-order valence-electron chi connectivity index (χ3n) is 3.15. The van der Waals surface area contributed by atoms with Crippen molar-refractivity contribution in [1.29, 1.82) is 0 Å². The highest BCUT2D eigenvalue weighted by atomic mass is 32.1. The Kier molecular flexibility index (Phi) is 4.52. The molecule has 5 nitrogen and oxygen atoms in total. The molecule has 2 rings (SSSR count). The number of aryl methyl sites for hydroxylation is 1. The third kappa shape index (κ3) is 2.80. The number of methoxy groups -OCH3 is 1. The fraction of sp³-hybridized carbons (Fsp3) is 0.750. The Labute approximate surface area is 111 Å². The van der Waals surface area contributed by atoms with E-state index in [1.807, 2.05) is 4.90 Å². The molecule has 1 aliphatic rings. The lowest BCUT2D eigenvalue weighted by Gasteiger charge is -2.33. The predicted octanol–water partition coefficient (Wildman–Crippen LogP) is 2.02. The fourth-order valence-electron chi connectivity index (χ4n) is 2.23. The normalized spacial score (nSPS) is 19.9. The number of esters is 1. The lowest BCUT2D eigenvalue weighted by molar-refractivity contribution is -0.142. The van der Waals surface area contributed by atoms with E-state index in [9.17, 15) is 4.79 Å². The van der Waals surface area contributed by atoms with E-state index < -0.39 is 0 Å². The molecule has 0 bridgehead atoms. The van der Waals surface area contributed by atoms with Gasteiger partial charge in [0.05, 0.1) is 7.11 Å². The highest BCUT2D eigenvalue weighted by Crippen LogP contribution is 2.27. The minimum Gasteiger partial charge on any atom is -0.467 e. The summed E-state index contributed by atoms with van der Waals surface area (Å²) in [6.45, 7) is 2.97. The van der Waals surface area contributed by atoms with E-state index in [-0.39, 0.29) is 12.0 Å². The monoisotopic (exact) mass is 269 g/mol. The van der Waals surface area contributed by atoms with Crippen molar-refractivity contribution in [3.8, 4) is 0 Å². The first kappa shape index (κ1) is 13.3. The quantitative estimate of drug-likeness (QED) is 0.783. The number of carbonyl (C=O) groups is 1. The Morgan fingerprint density at radius 1 is 1.56 bits per heavy atom. The summed E-state index contributed by atoms with van der Waals surface area (Å²) in [6, 6.07) is -0.189. The smallest absolute Gasteiger partial charge is 0.328 e. The Bertz CT molecular complexity index is 408. The van der Waals surface area contributed by atoms with Crippen molar-refractivity contribution in [3.05, 3.63) is 5.82 Å². The van der Waals surface area contributed by atoms with E-state index in [1.165, 1.54) is 18.6 Å². The highest BCUT2D eigenvalue weighted by molar-refractivity contribution is 7.09. The van der Waals surface area contributed by atoms with Gasteiger partial charge in [0.1, 0.15) is 11.9 Å². The molecule has 18 heavy (non-hydrogen) atoms. The molecular formula is C12H19N3O2S. The topological polar surface area (TPSA) is 55.3 Å². The zero-order chi connectivity index (χ0) is 13.0. The summed E-state index contributed by atoms with van der Waals surface area (Å²) in [5, 5.41) is 0.855. The Morgan fingerprint density at radius 2 is 2.39 bits per heavy atom. The van der Waals surface area contributed by atoms with Crippen LogP contribution in [0.5, 0.6) is 0 Å². The molecule has 1 atom stereocenters. The van der Waals surface area contributed by atoms with Gasteiger partial charge in [-0.2, -0.15) is 4.37 Å². The van der Waals surface area contributed by atoms with Crippen LogP contribution in [0, 0.1) is 0 Å². The number of hydrogen-bond acceptors (Lipinski definition) is 6. The molecule has 0 spiro atoms. The zero-order valence-electron chi connectivity index (χ0n) is 10.9. The number of rotatable bonds is 4. The second kappa shape index (κ2) is 6.13. The van der Waals surface area contributed by atoms with E-state index in [2.05, 4.69) is 16.3 Å². The Hall–Kier alpha value is -1.17. The van der Waals surface area contributed by atoms with Gasteiger partial charge >= 0.3 is 5.97 Å². The lowest BCUT2D eigenvalue weighted by atomic mass is 10.0. The molecule has 1 fully saturated rings. The van der Waals surface area contributed by atoms with Crippen LogP contribution in [0.1, 0.15) is 38.4 Å². The first-order valence-electron chi connectivity index (χ1n) is 6.43. The SMILES string of the molecule is CCCc1nsc(N2CCCCC2C(=O)OC)n1. The second-order valence-electron chi connectivity index (χ2n) is 4.47. The highest BCUT2D eigenvalue weighted by Gasteiger charge is 2.31. The van der Waals surface area contributed by atoms with Crippen molar-refractivity contribution in [2.24, 2.45) is 0 Å². The summed E-state index contributed by atoms with van der Waals surface area (Å²) in [5.74, 6) is 0.716. The van der Waals surface area contributed by atoms with Gasteiger partial charge in [-0.05, 0) is 25.7 Å². The van der Waals surface area contributed by atoms with Crippen LogP contribution in [0.3, 0.4) is 0 Å². The van der Waals surface area contributed by atoms with Crippen LogP contribution >= 0.6 is 11.5 Å². The molecule has 1 unspecified atom stereocenters. The summed E-state index contributed by atoms with van der Waals surface area (Å²) < 4.78 is 9.21. The zero-order valence-corrected chi connectivity index (χ0v) is 11.7. The lowest BCUT2D eigenvalue weighted by Crippen LogP contribution is -2.45. The summed E-state index contributed by atoms with van der Waals surface area (Å²) in [6.07, 6.45) is 4.94. The van der Waals surface area contributed by atoms with Gasteiger partial charge in [0, 0.05) is 24.5 Å². The molecule has 1 aliphatic heterocycles. The van der Waals surface area contributed by atoms with Crippen molar-refractivity contribution in [1.82, 2.24) is 9.36 Å². The van der Waals surface area contributed by atoms with Gasteiger partial charge in [0.25, 0.3) is 0 Å². The third-order valence-corrected chi connectivity index (χ3v) is 3.94. The van der Waals surface area contributed by atoms with E-state index in [1.54, 1.807) is 0 Å². The van der Waals surface area contributed by atoms with Gasteiger partial charge < -0.3 is 9.64 Å². The maximum atomic E-state index is 11.8. The van der Waals surface area contributed by atoms with E-state index in [0.717, 1.165) is 49.6 Å². The van der Waals surface area contributed by atoms with Crippen LogP contribution in [0.25, 0.3) is 0 Å². The molecule has 0 aromatic carbocycles. The average Bonchev–Trinajstić information content (AvgIpc) is 2.87. The molecule has 100 valence electrons. The van der Waals surface area contributed by atoms with Crippen LogP contribution in [0.15, 0.2) is 0 Å². The number of piperidine rings is 1. The van der Waals surface area contributed by atoms with Crippen LogP contribution in [-0.4, -0.2) is 35.0 Å². The average molecular weight is 269 g/mol. The first-order chi connectivity index (χ1) is 8.76. The summed E-state index contributed by atoms with van der Waals surface area (Å²) in [5.41, 5.74) is 0. The number of hydrogen-bond donors (Lipinski definition) is 0. The van der Waals surface area contributed by atoms with Gasteiger partial charge in [-0.25, -0.2) is 9.78 Å². The molecule has 2 heterocycles. The molecule has 0 saturated carbocycles. The molecule has 0 aliphatic carbocycles. The van der Waals surface area contributed by atoms with Crippen LogP contribution < -0.4 is 4.90 Å². The molecular weight excluding hydrogens is 250 g/mol. The molecule has 1 aromatic heterocycles. The predicted molar refractivity (Wildman–Crippen MR) is 70.9 cm³/mol. The van der Waals surface area contributed by atoms with Crippen LogP contribution in [0.2, 0.25) is 0 Å². The van der Waals surface area contributed by atoms with E-state index in [0.29, 0.717) is 0 Å². The van der Waals surface area contributed by atoms with Gasteiger partial charge in [0.15, 0.2) is 0 Å². The minimum absolute atomic E-state index is 0.165. The van der Waals surface area contributed by atoms with Crippen LogP contribution in [-0.2, 0) is 16.0 Å². The van der Waals surface area contributed by atoms with Gasteiger partial charge in [-0.3, -0.25) is 0 Å². The molecule has 0 radical (unpaired) electrons. The number of nitrogens with zero attached hydrogens (tertiary/aromatic N) is 3. The number of ether oxygens (including phenoxy) is 1. The summed E-state index contributed by atoms with van der Waals surface area (Å²) >= 11 is 1.38. The van der Waals surface area contributed by atoms with Crippen LogP contribution in [0.4, 0.5) is 5.13 Å². The molecule has 0 N–H and O–H groups in total. The number of carbonyl (C=O) groups excluding carboxylic acids is 1. The maximum Gasteiger partial charge on any atom is 0.328 e. The molecule has 6 heteroatoms. The second-order valence-corrected chi connectivity index (χ2v) is 5.20. The number of aromatic nitrogens is 2. The van der Waals surface area contributed by atoms with Crippen molar-refractivity contribution < 1.29 is 9.53 Å². The van der Waals surface area contributed by atoms with Crippen molar-refractivity contribution in [2.75, 3.05) is 18.6 Å². The van der Waals surface area contributed by atoms with Gasteiger partial charge in [0.2, 0.25) is 5.13 Å². The standard InChI is InChI=1S/C12H19N3O2S/c1-3-6-10-13-12(18-14-10)15-8-5-4-7-9(15)11(16)17-2/h9H,3-8H2,1-2H3. The van der Waals surface area contributed by atoms with Gasteiger partial charge in [-0.1, -0.05) is 6.92 Å². The minimum atomic E-state index is -0.189. The maximum absolute atomic E-state index is 11.8. The van der Waals surface area contributed by atoms with Crippen molar-refractivity contribution in [3.63, 3.8) is 0 Å². The Balaban J connectivity index is 2.14. The first-order valence-corrected chi connectivity index (χ1v) is 7.20. The fourth-order valence-corrected chi connectivity index (χ4v) is 3.02. The summed E-state index contributed by atoms with van der Waals surface area (Å²) in [4.78, 5) is 18.3. The molecule has 1 aromatic rings. The summed E-state index contributed by atoms with van der Waals surface area (Å²) in [7, 11) is 1.44. The van der Waals surface area contributed by atoms with E-state index >= 15 is 0 Å². The van der Waals surface area contributed by atoms with E-state index in [4.69, 9.17) is 4.74 Å². The molecule has 1 saturated heterocycles. The Morgan fingerprint density at radius 3 is 3.11 bits per heavy atom. The van der Waals surface area contributed by atoms with Crippen molar-refractivity contribution >= 4 is 22.6 Å². The molecule has 0 amide bonds. The van der Waals surface area contributed by atoms with Gasteiger partial charge in [-0.15, -0.1) is 0 Å². The van der Waals surface area contributed by atoms with Crippen molar-refractivity contribution in [2.45, 2.75) is 45.1 Å². The number of anilines is 1. The largest absolute Gasteiger partial charge is 0.467 e.